The minimum atomic E-state index is -3.93. The van der Waals surface area contributed by atoms with Crippen molar-refractivity contribution in [3.63, 3.8) is 0 Å². The van der Waals surface area contributed by atoms with Gasteiger partial charge in [0, 0.05) is 27.9 Å². The van der Waals surface area contributed by atoms with Gasteiger partial charge in [0.05, 0.1) is 12.1 Å². The third-order valence-electron chi connectivity index (χ3n) is 2.79. The average Bonchev–Trinajstić information content (AvgIpc) is 2.43. The van der Waals surface area contributed by atoms with Gasteiger partial charge in [0.2, 0.25) is 0 Å². The van der Waals surface area contributed by atoms with Crippen LogP contribution < -0.4 is 0 Å². The molecule has 0 aliphatic carbocycles. The van der Waals surface area contributed by atoms with Crippen LogP contribution in [0.15, 0.2) is 30.3 Å². The molecule has 0 aliphatic rings. The number of hydrogen-bond donors (Lipinski definition) is 0. The van der Waals surface area contributed by atoms with Gasteiger partial charge < -0.3 is 18.0 Å². The zero-order chi connectivity index (χ0) is 17.5. The lowest BCUT2D eigenvalue weighted by atomic mass is 10.1. The van der Waals surface area contributed by atoms with Crippen molar-refractivity contribution in [2.24, 2.45) is 0 Å². The second kappa shape index (κ2) is 8.44. The third-order valence-corrected chi connectivity index (χ3v) is 5.46. The molecule has 0 N–H and O–H groups in total. The van der Waals surface area contributed by atoms with E-state index < -0.39 is 32.8 Å². The molecule has 1 unspecified atom stereocenters. The van der Waals surface area contributed by atoms with Crippen molar-refractivity contribution in [2.75, 3.05) is 7.11 Å². The summed E-state index contributed by atoms with van der Waals surface area (Å²) in [5.74, 6) is -2.12. The Bertz CT molecular complexity index is 517. The van der Waals surface area contributed by atoms with Crippen LogP contribution in [0, 0.1) is 0 Å². The summed E-state index contributed by atoms with van der Waals surface area (Å²) in [4.78, 5) is 34.3. The van der Waals surface area contributed by atoms with Crippen LogP contribution >= 0.6 is 0 Å². The molecule has 0 aliphatic heterocycles. The summed E-state index contributed by atoms with van der Waals surface area (Å²) in [6.45, 7) is 3.46. The highest BCUT2D eigenvalue weighted by molar-refractivity contribution is 6.65. The summed E-state index contributed by atoms with van der Waals surface area (Å²) in [7, 11) is -2.46. The van der Waals surface area contributed by atoms with E-state index >= 15 is 0 Å². The lowest BCUT2D eigenvalue weighted by Crippen LogP contribution is -2.50. The van der Waals surface area contributed by atoms with Crippen LogP contribution in [0.4, 0.5) is 0 Å². The van der Waals surface area contributed by atoms with Gasteiger partial charge in [-0.05, 0) is 5.56 Å². The van der Waals surface area contributed by atoms with Gasteiger partial charge in [0.25, 0.3) is 17.9 Å². The molecule has 0 spiro atoms. The molecule has 0 saturated heterocycles. The fourth-order valence-electron chi connectivity index (χ4n) is 2.08. The topological polar surface area (TPSA) is 88.1 Å². The van der Waals surface area contributed by atoms with Crippen LogP contribution in [0.2, 0.25) is 6.04 Å². The summed E-state index contributed by atoms with van der Waals surface area (Å²) in [5, 5.41) is 0. The van der Waals surface area contributed by atoms with Gasteiger partial charge in [-0.2, -0.15) is 0 Å². The summed E-state index contributed by atoms with van der Waals surface area (Å²) in [6, 6.07) is 9.02. The molecule has 0 aromatic heterocycles. The van der Waals surface area contributed by atoms with Crippen molar-refractivity contribution in [1.82, 2.24) is 0 Å². The van der Waals surface area contributed by atoms with Crippen LogP contribution in [-0.2, 0) is 32.4 Å². The predicted octanol–water partition coefficient (Wildman–Crippen LogP) is 2.00. The average molecular weight is 340 g/mol. The summed E-state index contributed by atoms with van der Waals surface area (Å²) < 4.78 is 20.8. The first-order valence-electron chi connectivity index (χ1n) is 6.94. The summed E-state index contributed by atoms with van der Waals surface area (Å²) >= 11 is 0. The van der Waals surface area contributed by atoms with Crippen molar-refractivity contribution in [3.8, 4) is 0 Å². The van der Waals surface area contributed by atoms with Crippen molar-refractivity contribution in [2.45, 2.75) is 32.9 Å². The number of carbonyl (C=O) groups excluding carboxylic acids is 3. The normalized spacial score (nSPS) is 12.2. The number of methoxy groups -OCH3 is 1. The SMILES string of the molecule is COC(C[Si](OC(C)=O)(OC(C)=O)OC(C)=O)c1ccccc1. The van der Waals surface area contributed by atoms with E-state index in [9.17, 15) is 14.4 Å². The molecule has 1 aromatic carbocycles. The molecular formula is C15H20O7Si. The lowest BCUT2D eigenvalue weighted by Gasteiger charge is -2.29. The smallest absolute Gasteiger partial charge is 0.455 e. The Morgan fingerprint density at radius 2 is 1.35 bits per heavy atom. The molecule has 0 heterocycles. The fraction of sp³-hybridized carbons (Fsp3) is 0.400. The van der Waals surface area contributed by atoms with E-state index in [2.05, 4.69) is 0 Å². The largest absolute Gasteiger partial charge is 0.708 e. The maximum atomic E-state index is 11.4. The van der Waals surface area contributed by atoms with E-state index in [1.165, 1.54) is 7.11 Å². The van der Waals surface area contributed by atoms with Crippen LogP contribution in [0.5, 0.6) is 0 Å². The Hall–Kier alpha value is -2.19. The Labute approximate surface area is 135 Å². The second-order valence-corrected chi connectivity index (χ2v) is 7.19. The highest BCUT2D eigenvalue weighted by Crippen LogP contribution is 2.30. The van der Waals surface area contributed by atoms with Gasteiger partial charge in [0.15, 0.2) is 0 Å². The van der Waals surface area contributed by atoms with Gasteiger partial charge in [-0.3, -0.25) is 14.4 Å². The number of carbonyl (C=O) groups is 3. The third kappa shape index (κ3) is 6.21. The Kier molecular flexibility index (Phi) is 6.92. The van der Waals surface area contributed by atoms with E-state index in [0.29, 0.717) is 0 Å². The summed E-state index contributed by atoms with van der Waals surface area (Å²) in [5.41, 5.74) is 0.776. The van der Waals surface area contributed by atoms with Gasteiger partial charge in [-0.15, -0.1) is 0 Å². The first-order valence-corrected chi connectivity index (χ1v) is 8.87. The van der Waals surface area contributed by atoms with Crippen LogP contribution in [-0.4, -0.2) is 33.8 Å². The van der Waals surface area contributed by atoms with E-state index in [1.54, 1.807) is 0 Å². The Balaban J connectivity index is 3.16. The molecule has 1 atom stereocenters. The van der Waals surface area contributed by atoms with Gasteiger partial charge >= 0.3 is 8.80 Å². The lowest BCUT2D eigenvalue weighted by molar-refractivity contribution is -0.148. The predicted molar refractivity (Wildman–Crippen MR) is 82.1 cm³/mol. The molecule has 1 aromatic rings. The quantitative estimate of drug-likeness (QED) is 0.701. The molecule has 1 rings (SSSR count). The zero-order valence-corrected chi connectivity index (χ0v) is 14.5. The van der Waals surface area contributed by atoms with Crippen molar-refractivity contribution < 1.29 is 32.4 Å². The van der Waals surface area contributed by atoms with Crippen molar-refractivity contribution >= 4 is 26.7 Å². The molecule has 8 heteroatoms. The maximum absolute atomic E-state index is 11.4. The molecule has 23 heavy (non-hydrogen) atoms. The monoisotopic (exact) mass is 340 g/mol. The van der Waals surface area contributed by atoms with E-state index in [4.69, 9.17) is 18.0 Å². The number of benzene rings is 1. The van der Waals surface area contributed by atoms with E-state index in [1.807, 2.05) is 30.3 Å². The first-order chi connectivity index (χ1) is 10.8. The van der Waals surface area contributed by atoms with Crippen molar-refractivity contribution in [3.05, 3.63) is 35.9 Å². The maximum Gasteiger partial charge on any atom is 0.708 e. The molecule has 7 nitrogen and oxygen atoms in total. The van der Waals surface area contributed by atoms with E-state index in [0.717, 1.165) is 26.3 Å². The standard InChI is InChI=1S/C15H20O7Si/c1-11(16)20-23(21-12(2)17,22-13(3)18)10-15(19-4)14-8-6-5-7-9-14/h5-9,15H,10H2,1-4H3. The van der Waals surface area contributed by atoms with Gasteiger partial charge in [0.1, 0.15) is 0 Å². The zero-order valence-electron chi connectivity index (χ0n) is 13.5. The minimum absolute atomic E-state index is 0.0632. The van der Waals surface area contributed by atoms with E-state index in [-0.39, 0.29) is 6.04 Å². The molecule has 0 saturated carbocycles. The molecule has 0 fully saturated rings. The Morgan fingerprint density at radius 3 is 1.70 bits per heavy atom. The second-order valence-electron chi connectivity index (χ2n) is 4.80. The minimum Gasteiger partial charge on any atom is -0.455 e. The molecule has 0 radical (unpaired) electrons. The Morgan fingerprint density at radius 1 is 0.913 bits per heavy atom. The molecule has 0 amide bonds. The number of rotatable bonds is 7. The highest BCUT2D eigenvalue weighted by Gasteiger charge is 2.54. The first kappa shape index (κ1) is 18.9. The van der Waals surface area contributed by atoms with Crippen LogP contribution in [0.3, 0.4) is 0 Å². The van der Waals surface area contributed by atoms with Gasteiger partial charge in [-0.1, -0.05) is 30.3 Å². The molecule has 126 valence electrons. The highest BCUT2D eigenvalue weighted by atomic mass is 28.4. The molecular weight excluding hydrogens is 320 g/mol. The fourth-order valence-corrected chi connectivity index (χ4v) is 4.62. The van der Waals surface area contributed by atoms with Crippen molar-refractivity contribution in [1.29, 1.82) is 0 Å². The number of ether oxygens (including phenoxy) is 1. The van der Waals surface area contributed by atoms with Gasteiger partial charge in [-0.25, -0.2) is 0 Å². The molecule has 0 bridgehead atoms. The number of hydrogen-bond acceptors (Lipinski definition) is 7. The summed E-state index contributed by atoms with van der Waals surface area (Å²) in [6.07, 6.45) is -0.569. The van der Waals surface area contributed by atoms with Crippen LogP contribution in [0.1, 0.15) is 32.4 Å². The van der Waals surface area contributed by atoms with Crippen LogP contribution in [0.25, 0.3) is 0 Å².